The first kappa shape index (κ1) is 25.6. The van der Waals surface area contributed by atoms with Crippen molar-refractivity contribution in [3.63, 3.8) is 0 Å². The van der Waals surface area contributed by atoms with Crippen LogP contribution in [-0.4, -0.2) is 52.7 Å². The van der Waals surface area contributed by atoms with Gasteiger partial charge in [0.25, 0.3) is 0 Å². The molecule has 2 aliphatic rings. The molecule has 0 amide bonds. The molecular weight excluding hydrogens is 577 g/mol. The van der Waals surface area contributed by atoms with Crippen LogP contribution in [0.2, 0.25) is 0 Å². The van der Waals surface area contributed by atoms with E-state index in [0.29, 0.717) is 0 Å². The van der Waals surface area contributed by atoms with Crippen molar-refractivity contribution >= 4 is 58.5 Å². The van der Waals surface area contributed by atoms with Gasteiger partial charge in [-0.25, -0.2) is 0 Å². The molecule has 3 aromatic carbocycles. The molecular formula is C28H22N8S4. The molecule has 0 aliphatic carbocycles. The van der Waals surface area contributed by atoms with Crippen LogP contribution in [0.3, 0.4) is 0 Å². The van der Waals surface area contributed by atoms with Gasteiger partial charge in [-0.3, -0.25) is 0 Å². The first-order valence-corrected chi connectivity index (χ1v) is 16.5. The van der Waals surface area contributed by atoms with Gasteiger partial charge in [-0.2, -0.15) is 19.6 Å². The van der Waals surface area contributed by atoms with Crippen LogP contribution in [0.15, 0.2) is 116 Å². The Morgan fingerprint density at radius 3 is 1.52 bits per heavy atom. The Balaban J connectivity index is 1.02. The Labute approximate surface area is 248 Å². The fourth-order valence-electron chi connectivity index (χ4n) is 4.25. The van der Waals surface area contributed by atoms with Crippen molar-refractivity contribution in [2.75, 3.05) is 11.5 Å². The van der Waals surface area contributed by atoms with Crippen LogP contribution < -0.4 is 0 Å². The first-order chi connectivity index (χ1) is 19.8. The lowest BCUT2D eigenvalue weighted by Crippen LogP contribution is -2.13. The van der Waals surface area contributed by atoms with Crippen LogP contribution in [-0.2, 0) is 11.5 Å². The Hall–Kier alpha value is -3.32. The Morgan fingerprint density at radius 2 is 1.05 bits per heavy atom. The molecule has 7 rings (SSSR count). The number of fused-ring (bicyclic) bond motifs is 2. The molecule has 12 heteroatoms. The van der Waals surface area contributed by atoms with Crippen molar-refractivity contribution in [2.45, 2.75) is 32.1 Å². The third-order valence-electron chi connectivity index (χ3n) is 6.23. The maximum Gasteiger partial charge on any atom is 0.213 e. The fraction of sp³-hybridized carbons (Fsp3) is 0.143. The molecule has 0 atom stereocenters. The van der Waals surface area contributed by atoms with E-state index in [1.165, 1.54) is 11.1 Å². The van der Waals surface area contributed by atoms with Gasteiger partial charge in [-0.15, -0.1) is 20.4 Å². The van der Waals surface area contributed by atoms with E-state index in [0.717, 1.165) is 66.2 Å². The highest BCUT2D eigenvalue weighted by molar-refractivity contribution is 8.00. The number of hydrogen-bond donors (Lipinski definition) is 0. The molecule has 5 aromatic rings. The molecule has 0 bridgehead atoms. The van der Waals surface area contributed by atoms with E-state index in [2.05, 4.69) is 68.9 Å². The zero-order valence-electron chi connectivity index (χ0n) is 21.1. The fourth-order valence-corrected chi connectivity index (χ4v) is 7.69. The largest absolute Gasteiger partial charge is 0.213 e. The maximum absolute atomic E-state index is 4.86. The van der Waals surface area contributed by atoms with Crippen molar-refractivity contribution in [1.82, 2.24) is 29.7 Å². The molecule has 4 heterocycles. The lowest BCUT2D eigenvalue weighted by atomic mass is 10.1. The van der Waals surface area contributed by atoms with E-state index in [1.807, 2.05) is 45.8 Å². The van der Waals surface area contributed by atoms with E-state index in [4.69, 9.17) is 10.2 Å². The second kappa shape index (κ2) is 11.7. The van der Waals surface area contributed by atoms with Gasteiger partial charge in [-0.1, -0.05) is 132 Å². The molecule has 0 spiro atoms. The topological polar surface area (TPSA) is 86.1 Å². The van der Waals surface area contributed by atoms with Gasteiger partial charge in [-0.05, 0) is 22.3 Å². The summed E-state index contributed by atoms with van der Waals surface area (Å²) in [6.07, 6.45) is 0. The molecule has 2 aliphatic heterocycles. The average molecular weight is 599 g/mol. The summed E-state index contributed by atoms with van der Waals surface area (Å²) in [7, 11) is 0. The predicted molar refractivity (Wildman–Crippen MR) is 164 cm³/mol. The second-order valence-corrected chi connectivity index (χ2v) is 12.7. The maximum atomic E-state index is 4.86. The quantitative estimate of drug-likeness (QED) is 0.196. The van der Waals surface area contributed by atoms with Crippen molar-refractivity contribution in [3.8, 4) is 0 Å². The van der Waals surface area contributed by atoms with Crippen LogP contribution in [0, 0.1) is 0 Å². The zero-order valence-corrected chi connectivity index (χ0v) is 24.4. The summed E-state index contributed by atoms with van der Waals surface area (Å²) in [4.78, 5) is 0. The third-order valence-corrected chi connectivity index (χ3v) is 10.1. The minimum atomic E-state index is 0.777. The number of hydrogen-bond acceptors (Lipinski definition) is 10. The lowest BCUT2D eigenvalue weighted by Gasteiger charge is -2.14. The Bertz CT molecular complexity index is 1590. The third kappa shape index (κ3) is 5.49. The summed E-state index contributed by atoms with van der Waals surface area (Å²) in [6.45, 7) is 0. The minimum absolute atomic E-state index is 0.777. The molecule has 0 unspecified atom stereocenters. The van der Waals surface area contributed by atoms with E-state index in [-0.39, 0.29) is 0 Å². The summed E-state index contributed by atoms with van der Waals surface area (Å²) < 4.78 is 3.75. The van der Waals surface area contributed by atoms with Crippen molar-refractivity contribution in [3.05, 3.63) is 107 Å². The first-order valence-electron chi connectivity index (χ1n) is 12.6. The Morgan fingerprint density at radius 1 is 0.575 bits per heavy atom. The van der Waals surface area contributed by atoms with Crippen molar-refractivity contribution in [1.29, 1.82) is 0 Å². The van der Waals surface area contributed by atoms with E-state index in [1.54, 1.807) is 47.0 Å². The van der Waals surface area contributed by atoms with Gasteiger partial charge in [0.1, 0.15) is 0 Å². The van der Waals surface area contributed by atoms with Gasteiger partial charge in [0.05, 0.1) is 11.4 Å². The monoisotopic (exact) mass is 598 g/mol. The van der Waals surface area contributed by atoms with E-state index in [9.17, 15) is 0 Å². The second-order valence-electron chi connectivity index (χ2n) is 8.95. The van der Waals surface area contributed by atoms with Crippen molar-refractivity contribution < 1.29 is 0 Å². The standard InChI is InChI=1S/C28H22N8S4/c1-3-10-21(11-4-1)23-17-39-27-31-29-25(35(27)33-23)37-15-19-8-7-9-20(14-19)16-38-26-30-32-28-36(26)34-24(18-40-28)22-12-5-2-6-13-22/h1-14H,15-18H2. The number of rotatable bonds is 8. The van der Waals surface area contributed by atoms with Gasteiger partial charge < -0.3 is 0 Å². The summed E-state index contributed by atoms with van der Waals surface area (Å²) in [6, 6.07) is 29.2. The molecule has 198 valence electrons. The van der Waals surface area contributed by atoms with Crippen molar-refractivity contribution in [2.24, 2.45) is 10.2 Å². The molecule has 40 heavy (non-hydrogen) atoms. The molecule has 0 fully saturated rings. The smallest absolute Gasteiger partial charge is 0.181 e. The van der Waals surface area contributed by atoms with Crippen LogP contribution in [0.4, 0.5) is 0 Å². The minimum Gasteiger partial charge on any atom is -0.181 e. The average Bonchev–Trinajstić information content (AvgIpc) is 3.63. The highest BCUT2D eigenvalue weighted by Gasteiger charge is 2.21. The van der Waals surface area contributed by atoms with Crippen LogP contribution >= 0.6 is 47.0 Å². The van der Waals surface area contributed by atoms with Crippen LogP contribution in [0.25, 0.3) is 0 Å². The summed E-state index contributed by atoms with van der Waals surface area (Å²) in [5.74, 6) is 3.14. The number of nitrogens with zero attached hydrogens (tertiary/aromatic N) is 8. The predicted octanol–water partition coefficient (Wildman–Crippen LogP) is 6.17. The SMILES string of the molecule is c1ccc(C2=Nn3c(nnc3SCc3cccc(CSc4nnc5n4N=C(c4ccccc4)CS5)c3)SC2)cc1. The van der Waals surface area contributed by atoms with Gasteiger partial charge >= 0.3 is 0 Å². The molecule has 2 aromatic heterocycles. The molecule has 0 saturated carbocycles. The summed E-state index contributed by atoms with van der Waals surface area (Å²) in [5, 5.41) is 30.5. The van der Waals surface area contributed by atoms with E-state index < -0.39 is 0 Å². The van der Waals surface area contributed by atoms with Gasteiger partial charge in [0.2, 0.25) is 20.6 Å². The number of thioether (sulfide) groups is 4. The highest BCUT2D eigenvalue weighted by Crippen LogP contribution is 2.32. The Kier molecular flexibility index (Phi) is 7.47. The molecule has 0 radical (unpaired) electrons. The zero-order chi connectivity index (χ0) is 26.7. The van der Waals surface area contributed by atoms with Gasteiger partial charge in [0.15, 0.2) is 0 Å². The number of aromatic nitrogens is 6. The normalized spacial score (nSPS) is 14.3. The number of benzene rings is 3. The van der Waals surface area contributed by atoms with Crippen LogP contribution in [0.1, 0.15) is 22.3 Å². The molecule has 8 nitrogen and oxygen atoms in total. The highest BCUT2D eigenvalue weighted by atomic mass is 32.2. The summed E-state index contributed by atoms with van der Waals surface area (Å²) in [5.41, 5.74) is 6.77. The summed E-state index contributed by atoms with van der Waals surface area (Å²) >= 11 is 6.64. The van der Waals surface area contributed by atoms with E-state index >= 15 is 0 Å². The lowest BCUT2D eigenvalue weighted by molar-refractivity contribution is 0.693. The van der Waals surface area contributed by atoms with Crippen LogP contribution in [0.5, 0.6) is 0 Å². The van der Waals surface area contributed by atoms with Gasteiger partial charge in [0, 0.05) is 23.0 Å². The molecule has 0 saturated heterocycles. The molecule has 0 N–H and O–H groups in total.